The van der Waals surface area contributed by atoms with Gasteiger partial charge in [0.05, 0.1) is 5.69 Å². The van der Waals surface area contributed by atoms with Crippen LogP contribution in [0.4, 0.5) is 11.6 Å². The van der Waals surface area contributed by atoms with Gasteiger partial charge in [0.2, 0.25) is 11.8 Å². The van der Waals surface area contributed by atoms with E-state index >= 15 is 0 Å². The Kier molecular flexibility index (Phi) is 5.28. The van der Waals surface area contributed by atoms with Gasteiger partial charge in [0.25, 0.3) is 5.56 Å². The maximum atomic E-state index is 11.5. The average molecular weight is 346 g/mol. The zero-order valence-electron chi connectivity index (χ0n) is 14.5. The normalized spacial score (nSPS) is 11.7. The number of nitrogens with one attached hydrogen (secondary N) is 2. The Bertz CT molecular complexity index is 991. The van der Waals surface area contributed by atoms with Crippen molar-refractivity contribution in [1.29, 1.82) is 0 Å². The van der Waals surface area contributed by atoms with Crippen LogP contribution < -0.4 is 11.0 Å². The van der Waals surface area contributed by atoms with Crippen LogP contribution in [0.2, 0.25) is 0 Å². The molecule has 0 unspecified atom stereocenters. The maximum absolute atomic E-state index is 11.5. The molecule has 3 rings (SSSR count). The Balaban J connectivity index is 1.90. The molecule has 0 aliphatic carbocycles. The van der Waals surface area contributed by atoms with Crippen LogP contribution in [0, 0.1) is 13.8 Å². The predicted octanol–water partition coefficient (Wildman–Crippen LogP) is 3.94. The molecule has 0 aliphatic heterocycles. The standard InChI is InChI=1S/C19H18N6O/c1-13-8-10-16(11-9-13)22-23-18(15-6-4-3-5-7-15)24-25-19-20-14(2)12-17(26)21-19/h3-12,22H,1-2H3,(H,20,21,26)/b23-18-,25-24?. The van der Waals surface area contributed by atoms with Crippen molar-refractivity contribution in [3.8, 4) is 0 Å². The molecule has 7 nitrogen and oxygen atoms in total. The maximum Gasteiger partial charge on any atom is 0.252 e. The van der Waals surface area contributed by atoms with Crippen molar-refractivity contribution in [3.63, 3.8) is 0 Å². The van der Waals surface area contributed by atoms with E-state index in [4.69, 9.17) is 0 Å². The van der Waals surface area contributed by atoms with Gasteiger partial charge in [0.15, 0.2) is 0 Å². The van der Waals surface area contributed by atoms with Crippen LogP contribution in [0.1, 0.15) is 16.8 Å². The Hall–Kier alpha value is -3.61. The number of hydrogen-bond acceptors (Lipinski definition) is 5. The molecule has 0 bridgehead atoms. The van der Waals surface area contributed by atoms with E-state index in [0.717, 1.165) is 16.8 Å². The summed E-state index contributed by atoms with van der Waals surface area (Å²) in [5.41, 5.74) is 6.05. The topological polar surface area (TPSA) is 94.9 Å². The lowest BCUT2D eigenvalue weighted by Crippen LogP contribution is -2.06. The van der Waals surface area contributed by atoms with Crippen LogP contribution in [0.3, 0.4) is 0 Å². The van der Waals surface area contributed by atoms with E-state index in [-0.39, 0.29) is 11.5 Å². The summed E-state index contributed by atoms with van der Waals surface area (Å²) in [5, 5.41) is 12.5. The summed E-state index contributed by atoms with van der Waals surface area (Å²) in [6.45, 7) is 3.74. The SMILES string of the molecule is Cc1ccc(N/N=C(\N=Nc2nc(C)cc(=O)[nH]2)c2ccccc2)cc1. The Morgan fingerprint density at radius 3 is 2.46 bits per heavy atom. The van der Waals surface area contributed by atoms with Crippen molar-refractivity contribution in [2.75, 3.05) is 5.43 Å². The molecular weight excluding hydrogens is 328 g/mol. The van der Waals surface area contributed by atoms with Gasteiger partial charge in [-0.1, -0.05) is 48.0 Å². The molecule has 0 amide bonds. The second-order valence-corrected chi connectivity index (χ2v) is 5.69. The Morgan fingerprint density at radius 2 is 1.77 bits per heavy atom. The number of aromatic nitrogens is 2. The first-order chi connectivity index (χ1) is 12.6. The van der Waals surface area contributed by atoms with Crippen molar-refractivity contribution in [2.24, 2.45) is 15.3 Å². The summed E-state index contributed by atoms with van der Waals surface area (Å²) in [4.78, 5) is 18.2. The number of benzene rings is 2. The average Bonchev–Trinajstić information content (AvgIpc) is 2.63. The molecule has 26 heavy (non-hydrogen) atoms. The number of azo groups is 1. The Morgan fingerprint density at radius 1 is 1.04 bits per heavy atom. The molecule has 0 spiro atoms. The first kappa shape index (κ1) is 17.2. The highest BCUT2D eigenvalue weighted by atomic mass is 16.1. The van der Waals surface area contributed by atoms with Gasteiger partial charge < -0.3 is 0 Å². The molecular formula is C19H18N6O. The lowest BCUT2D eigenvalue weighted by molar-refractivity contribution is 1.01. The van der Waals surface area contributed by atoms with E-state index in [1.807, 2.05) is 61.5 Å². The van der Waals surface area contributed by atoms with Gasteiger partial charge in [-0.05, 0) is 26.0 Å². The second kappa shape index (κ2) is 7.98. The van der Waals surface area contributed by atoms with E-state index in [1.165, 1.54) is 6.07 Å². The summed E-state index contributed by atoms with van der Waals surface area (Å²) in [6.07, 6.45) is 0. The first-order valence-corrected chi connectivity index (χ1v) is 8.06. The fourth-order valence-electron chi connectivity index (χ4n) is 2.18. The van der Waals surface area contributed by atoms with Crippen LogP contribution in [-0.4, -0.2) is 15.8 Å². The van der Waals surface area contributed by atoms with Gasteiger partial charge in [-0.2, -0.15) is 5.10 Å². The summed E-state index contributed by atoms with van der Waals surface area (Å²) in [6, 6.07) is 18.7. The van der Waals surface area contributed by atoms with Crippen LogP contribution in [0.25, 0.3) is 0 Å². The molecule has 3 aromatic rings. The number of H-pyrrole nitrogens is 1. The number of rotatable bonds is 4. The molecule has 0 aliphatic rings. The molecule has 1 aromatic heterocycles. The molecule has 1 heterocycles. The van der Waals surface area contributed by atoms with Crippen molar-refractivity contribution < 1.29 is 0 Å². The van der Waals surface area contributed by atoms with E-state index in [0.29, 0.717) is 11.5 Å². The molecule has 0 saturated carbocycles. The molecule has 2 aromatic carbocycles. The smallest absolute Gasteiger partial charge is 0.252 e. The fourth-order valence-corrected chi connectivity index (χ4v) is 2.18. The van der Waals surface area contributed by atoms with Crippen LogP contribution >= 0.6 is 0 Å². The van der Waals surface area contributed by atoms with Crippen LogP contribution in [-0.2, 0) is 0 Å². The first-order valence-electron chi connectivity index (χ1n) is 8.06. The highest BCUT2D eigenvalue weighted by Crippen LogP contribution is 2.11. The molecule has 2 N–H and O–H groups in total. The third kappa shape index (κ3) is 4.70. The second-order valence-electron chi connectivity index (χ2n) is 5.69. The molecule has 0 radical (unpaired) electrons. The number of aryl methyl sites for hydroxylation is 2. The number of anilines is 1. The molecule has 0 fully saturated rings. The molecule has 0 atom stereocenters. The monoisotopic (exact) mass is 346 g/mol. The number of hydrogen-bond donors (Lipinski definition) is 2. The third-order valence-corrected chi connectivity index (χ3v) is 3.47. The van der Waals surface area contributed by atoms with E-state index in [2.05, 4.69) is 30.7 Å². The zero-order valence-corrected chi connectivity index (χ0v) is 14.5. The van der Waals surface area contributed by atoms with Crippen LogP contribution in [0.15, 0.2) is 80.8 Å². The summed E-state index contributed by atoms with van der Waals surface area (Å²) in [7, 11) is 0. The quantitative estimate of drug-likeness (QED) is 0.324. The molecule has 0 saturated heterocycles. The van der Waals surface area contributed by atoms with Gasteiger partial charge in [0, 0.05) is 17.3 Å². The summed E-state index contributed by atoms with van der Waals surface area (Å²) < 4.78 is 0. The minimum absolute atomic E-state index is 0.133. The Labute approximate surface area is 150 Å². The van der Waals surface area contributed by atoms with Crippen LogP contribution in [0.5, 0.6) is 0 Å². The van der Waals surface area contributed by atoms with Gasteiger partial charge in [-0.25, -0.2) is 4.98 Å². The van der Waals surface area contributed by atoms with E-state index < -0.39 is 0 Å². The highest BCUT2D eigenvalue weighted by molar-refractivity contribution is 5.99. The largest absolute Gasteiger partial charge is 0.290 e. The fraction of sp³-hybridized carbons (Fsp3) is 0.105. The minimum atomic E-state index is -0.276. The lowest BCUT2D eigenvalue weighted by Gasteiger charge is -2.03. The third-order valence-electron chi connectivity index (χ3n) is 3.47. The minimum Gasteiger partial charge on any atom is -0.290 e. The van der Waals surface area contributed by atoms with Crippen molar-refractivity contribution in [1.82, 2.24) is 9.97 Å². The molecule has 7 heteroatoms. The van der Waals surface area contributed by atoms with Gasteiger partial charge in [-0.3, -0.25) is 15.2 Å². The van der Waals surface area contributed by atoms with Crippen molar-refractivity contribution >= 4 is 17.5 Å². The highest BCUT2D eigenvalue weighted by Gasteiger charge is 2.03. The van der Waals surface area contributed by atoms with Gasteiger partial charge in [0.1, 0.15) is 0 Å². The van der Waals surface area contributed by atoms with Gasteiger partial charge >= 0.3 is 0 Å². The van der Waals surface area contributed by atoms with Gasteiger partial charge in [-0.15, -0.1) is 10.2 Å². The number of hydrazone groups is 1. The van der Waals surface area contributed by atoms with Crippen molar-refractivity contribution in [3.05, 3.63) is 87.8 Å². The molecule has 130 valence electrons. The zero-order chi connectivity index (χ0) is 18.4. The number of aromatic amines is 1. The number of nitrogens with zero attached hydrogens (tertiary/aromatic N) is 4. The summed E-state index contributed by atoms with van der Waals surface area (Å²) in [5.74, 6) is 0.504. The number of amidine groups is 1. The summed E-state index contributed by atoms with van der Waals surface area (Å²) >= 11 is 0. The predicted molar refractivity (Wildman–Crippen MR) is 102 cm³/mol. The van der Waals surface area contributed by atoms with Crippen molar-refractivity contribution in [2.45, 2.75) is 13.8 Å². The van der Waals surface area contributed by atoms with E-state index in [1.54, 1.807) is 6.92 Å². The lowest BCUT2D eigenvalue weighted by atomic mass is 10.2. The van der Waals surface area contributed by atoms with E-state index in [9.17, 15) is 4.79 Å².